The van der Waals surface area contributed by atoms with E-state index in [9.17, 15) is 0 Å². The number of hydrogen-bond donors (Lipinski definition) is 1. The second kappa shape index (κ2) is 6.44. The van der Waals surface area contributed by atoms with Crippen molar-refractivity contribution in [2.24, 2.45) is 0 Å². The zero-order valence-electron chi connectivity index (χ0n) is 10.6. The first kappa shape index (κ1) is 12.9. The summed E-state index contributed by atoms with van der Waals surface area (Å²) in [5, 5.41) is 3.33. The van der Waals surface area contributed by atoms with Crippen LogP contribution < -0.4 is 5.32 Å². The number of nitrogens with zero attached hydrogens (tertiary/aromatic N) is 1. The fourth-order valence-electron chi connectivity index (χ4n) is 1.83. The number of aryl methyl sites for hydroxylation is 1. The Hall–Kier alpha value is -1.15. The van der Waals surface area contributed by atoms with Gasteiger partial charge in [0.05, 0.1) is 11.7 Å². The molecule has 16 heavy (non-hydrogen) atoms. The number of nitrogens with one attached hydrogen (secondary N) is 1. The van der Waals surface area contributed by atoms with Crippen LogP contribution in [0.25, 0.3) is 0 Å². The third-order valence-electron chi connectivity index (χ3n) is 2.98. The Morgan fingerprint density at radius 1 is 1.50 bits per heavy atom. The van der Waals surface area contributed by atoms with Crippen LogP contribution in [0.4, 0.5) is 0 Å². The molecule has 0 radical (unpaired) electrons. The third kappa shape index (κ3) is 3.17. The van der Waals surface area contributed by atoms with Gasteiger partial charge in [-0.15, -0.1) is 0 Å². The Morgan fingerprint density at radius 2 is 2.25 bits per heavy atom. The molecule has 0 aliphatic carbocycles. The molecule has 0 aliphatic rings. The second-order valence-electron chi connectivity index (χ2n) is 4.05. The van der Waals surface area contributed by atoms with Gasteiger partial charge in [-0.3, -0.25) is 4.98 Å². The van der Waals surface area contributed by atoms with E-state index < -0.39 is 0 Å². The summed E-state index contributed by atoms with van der Waals surface area (Å²) in [6.45, 7) is 8.39. The molecule has 1 heterocycles. The molecule has 0 spiro atoms. The van der Waals surface area contributed by atoms with Crippen molar-refractivity contribution >= 4 is 0 Å². The molecular formula is C14H22N2. The Labute approximate surface area is 98.8 Å². The predicted octanol–water partition coefficient (Wildman–Crippen LogP) is 3.26. The van der Waals surface area contributed by atoms with Crippen molar-refractivity contribution in [1.82, 2.24) is 10.3 Å². The highest BCUT2D eigenvalue weighted by Gasteiger charge is 2.14. The van der Waals surface area contributed by atoms with Gasteiger partial charge in [0.25, 0.3) is 0 Å². The molecule has 2 heteroatoms. The number of pyridine rings is 1. The summed E-state index contributed by atoms with van der Waals surface area (Å²) < 4.78 is 0. The van der Waals surface area contributed by atoms with Crippen molar-refractivity contribution in [2.75, 3.05) is 7.05 Å². The lowest BCUT2D eigenvalue weighted by atomic mass is 9.98. The smallest absolute Gasteiger partial charge is 0.0608 e. The molecule has 0 aliphatic heterocycles. The molecule has 0 aromatic carbocycles. The van der Waals surface area contributed by atoms with Gasteiger partial charge in [-0.25, -0.2) is 0 Å². The zero-order valence-corrected chi connectivity index (χ0v) is 10.6. The normalized spacial score (nSPS) is 12.4. The lowest BCUT2D eigenvalue weighted by Crippen LogP contribution is -2.19. The first-order valence-electron chi connectivity index (χ1n) is 6.00. The monoisotopic (exact) mass is 218 g/mol. The van der Waals surface area contributed by atoms with Crippen molar-refractivity contribution in [3.05, 3.63) is 41.7 Å². The maximum Gasteiger partial charge on any atom is 0.0608 e. The summed E-state index contributed by atoms with van der Waals surface area (Å²) in [4.78, 5) is 4.50. The van der Waals surface area contributed by atoms with E-state index in [1.165, 1.54) is 16.8 Å². The van der Waals surface area contributed by atoms with Crippen molar-refractivity contribution in [2.45, 2.75) is 39.2 Å². The van der Waals surface area contributed by atoms with Crippen LogP contribution in [-0.2, 0) is 6.42 Å². The number of rotatable bonds is 6. The molecule has 0 bridgehead atoms. The van der Waals surface area contributed by atoms with E-state index in [1.54, 1.807) is 0 Å². The van der Waals surface area contributed by atoms with Gasteiger partial charge in [0.2, 0.25) is 0 Å². The molecule has 2 nitrogen and oxygen atoms in total. The standard InChI is InChI=1S/C14H22N2/c1-5-11(3)10-13(15-4)14-12(6-2)8-7-9-16-14/h7-9,13,15H,3,5-6,10H2,1-2,4H3. The predicted molar refractivity (Wildman–Crippen MR) is 69.5 cm³/mol. The third-order valence-corrected chi connectivity index (χ3v) is 2.98. The van der Waals surface area contributed by atoms with Crippen LogP contribution in [-0.4, -0.2) is 12.0 Å². The molecule has 0 saturated carbocycles. The number of hydrogen-bond acceptors (Lipinski definition) is 2. The number of aromatic nitrogens is 1. The van der Waals surface area contributed by atoms with E-state index in [0.717, 1.165) is 19.3 Å². The molecule has 0 fully saturated rings. The van der Waals surface area contributed by atoms with Crippen molar-refractivity contribution in [1.29, 1.82) is 0 Å². The van der Waals surface area contributed by atoms with Crippen LogP contribution >= 0.6 is 0 Å². The van der Waals surface area contributed by atoms with E-state index >= 15 is 0 Å². The summed E-state index contributed by atoms with van der Waals surface area (Å²) in [6.07, 6.45) is 4.90. The minimum atomic E-state index is 0.295. The summed E-state index contributed by atoms with van der Waals surface area (Å²) in [6, 6.07) is 4.45. The van der Waals surface area contributed by atoms with Gasteiger partial charge in [-0.2, -0.15) is 0 Å². The highest BCUT2D eigenvalue weighted by Crippen LogP contribution is 2.22. The maximum atomic E-state index is 4.50. The summed E-state index contributed by atoms with van der Waals surface area (Å²) in [7, 11) is 1.99. The lowest BCUT2D eigenvalue weighted by molar-refractivity contribution is 0.562. The van der Waals surface area contributed by atoms with Crippen molar-refractivity contribution in [3.8, 4) is 0 Å². The average molecular weight is 218 g/mol. The van der Waals surface area contributed by atoms with Crippen LogP contribution in [0.3, 0.4) is 0 Å². The largest absolute Gasteiger partial charge is 0.311 e. The highest BCUT2D eigenvalue weighted by molar-refractivity contribution is 5.24. The molecule has 1 aromatic heterocycles. The quantitative estimate of drug-likeness (QED) is 0.741. The lowest BCUT2D eigenvalue weighted by Gasteiger charge is -2.19. The van der Waals surface area contributed by atoms with Crippen LogP contribution in [0, 0.1) is 0 Å². The second-order valence-corrected chi connectivity index (χ2v) is 4.05. The fourth-order valence-corrected chi connectivity index (χ4v) is 1.83. The van der Waals surface area contributed by atoms with E-state index in [4.69, 9.17) is 0 Å². The van der Waals surface area contributed by atoms with Crippen LogP contribution in [0.15, 0.2) is 30.5 Å². The molecule has 0 saturated heterocycles. The molecule has 1 aromatic rings. The van der Waals surface area contributed by atoms with Gasteiger partial charge in [-0.1, -0.05) is 32.1 Å². The topological polar surface area (TPSA) is 24.9 Å². The van der Waals surface area contributed by atoms with Gasteiger partial charge >= 0.3 is 0 Å². The minimum Gasteiger partial charge on any atom is -0.311 e. The molecule has 1 N–H and O–H groups in total. The molecule has 1 unspecified atom stereocenters. The van der Waals surface area contributed by atoms with E-state index in [0.29, 0.717) is 6.04 Å². The molecule has 88 valence electrons. The molecular weight excluding hydrogens is 196 g/mol. The Bertz CT molecular complexity index is 344. The van der Waals surface area contributed by atoms with Crippen molar-refractivity contribution < 1.29 is 0 Å². The summed E-state index contributed by atoms with van der Waals surface area (Å²) in [5.74, 6) is 0. The Balaban J connectivity index is 2.89. The van der Waals surface area contributed by atoms with Crippen LogP contribution in [0.1, 0.15) is 44.0 Å². The fraction of sp³-hybridized carbons (Fsp3) is 0.500. The van der Waals surface area contributed by atoms with Crippen LogP contribution in [0.5, 0.6) is 0 Å². The molecule has 1 rings (SSSR count). The highest BCUT2D eigenvalue weighted by atomic mass is 14.9. The maximum absolute atomic E-state index is 4.50. The van der Waals surface area contributed by atoms with Gasteiger partial charge in [0.15, 0.2) is 0 Å². The van der Waals surface area contributed by atoms with Gasteiger partial charge in [0, 0.05) is 6.20 Å². The van der Waals surface area contributed by atoms with Gasteiger partial charge in [-0.05, 0) is 37.9 Å². The summed E-state index contributed by atoms with van der Waals surface area (Å²) in [5.41, 5.74) is 3.76. The Morgan fingerprint density at radius 3 is 2.81 bits per heavy atom. The van der Waals surface area contributed by atoms with Crippen molar-refractivity contribution in [3.63, 3.8) is 0 Å². The van der Waals surface area contributed by atoms with E-state index in [-0.39, 0.29) is 0 Å². The SMILES string of the molecule is C=C(CC)CC(NC)c1ncccc1CC. The van der Waals surface area contributed by atoms with Gasteiger partial charge in [0.1, 0.15) is 0 Å². The molecule has 1 atom stereocenters. The van der Waals surface area contributed by atoms with E-state index in [1.807, 2.05) is 19.3 Å². The van der Waals surface area contributed by atoms with E-state index in [2.05, 4.69) is 36.8 Å². The van der Waals surface area contributed by atoms with Gasteiger partial charge < -0.3 is 5.32 Å². The first-order valence-corrected chi connectivity index (χ1v) is 6.00. The first-order chi connectivity index (χ1) is 7.72. The molecule has 0 amide bonds. The van der Waals surface area contributed by atoms with Crippen LogP contribution in [0.2, 0.25) is 0 Å². The Kier molecular flexibility index (Phi) is 5.20. The average Bonchev–Trinajstić information content (AvgIpc) is 2.35. The minimum absolute atomic E-state index is 0.295. The summed E-state index contributed by atoms with van der Waals surface area (Å²) >= 11 is 0. The zero-order chi connectivity index (χ0) is 12.0.